The number of hydrogen-bond acceptors (Lipinski definition) is 3. The van der Waals surface area contributed by atoms with Crippen LogP contribution in [-0.2, 0) is 0 Å². The maximum atomic E-state index is 5.33. The highest BCUT2D eigenvalue weighted by molar-refractivity contribution is 5.78. The molecule has 2 aromatic rings. The van der Waals surface area contributed by atoms with Gasteiger partial charge in [0.25, 0.3) is 0 Å². The molecule has 0 saturated carbocycles. The first kappa shape index (κ1) is 14.4. The van der Waals surface area contributed by atoms with Gasteiger partial charge in [-0.2, -0.15) is 0 Å². The van der Waals surface area contributed by atoms with Gasteiger partial charge < -0.3 is 14.6 Å². The van der Waals surface area contributed by atoms with Crippen molar-refractivity contribution in [3.05, 3.63) is 24.0 Å². The smallest absolute Gasteiger partial charge is 0.127 e. The van der Waals surface area contributed by atoms with E-state index in [1.165, 1.54) is 17.8 Å². The number of imidazole rings is 1. The molecule has 2 unspecified atom stereocenters. The standard InChI is InChI=1S/C17H25N3O/c1-11(2)20-16-6-5-13(21-4)10-14(16)19-17(20)15-9-12(3)7-8-18-15/h5-6,10-12,15,18H,7-9H2,1-4H3. The second-order valence-corrected chi connectivity index (χ2v) is 6.42. The largest absolute Gasteiger partial charge is 0.497 e. The van der Waals surface area contributed by atoms with Crippen molar-refractivity contribution in [1.29, 1.82) is 0 Å². The van der Waals surface area contributed by atoms with Gasteiger partial charge in [-0.25, -0.2) is 4.98 Å². The van der Waals surface area contributed by atoms with Crippen LogP contribution in [0.5, 0.6) is 5.75 Å². The Morgan fingerprint density at radius 3 is 2.86 bits per heavy atom. The fourth-order valence-corrected chi connectivity index (χ4v) is 3.32. The third-order valence-electron chi connectivity index (χ3n) is 4.42. The zero-order valence-corrected chi connectivity index (χ0v) is 13.4. The van der Waals surface area contributed by atoms with Gasteiger partial charge in [0.2, 0.25) is 0 Å². The lowest BCUT2D eigenvalue weighted by atomic mass is 9.94. The second-order valence-electron chi connectivity index (χ2n) is 6.42. The number of rotatable bonds is 3. The Kier molecular flexibility index (Phi) is 3.89. The van der Waals surface area contributed by atoms with Crippen LogP contribution in [0.2, 0.25) is 0 Å². The number of aromatic nitrogens is 2. The Hall–Kier alpha value is -1.55. The molecular formula is C17H25N3O. The van der Waals surface area contributed by atoms with Crippen LogP contribution in [0, 0.1) is 5.92 Å². The van der Waals surface area contributed by atoms with Crippen LogP contribution in [0.3, 0.4) is 0 Å². The summed E-state index contributed by atoms with van der Waals surface area (Å²) in [6.07, 6.45) is 2.42. The normalized spacial score (nSPS) is 22.9. The highest BCUT2D eigenvalue weighted by Gasteiger charge is 2.26. The van der Waals surface area contributed by atoms with Gasteiger partial charge in [0, 0.05) is 12.1 Å². The van der Waals surface area contributed by atoms with Crippen molar-refractivity contribution in [2.24, 2.45) is 5.92 Å². The summed E-state index contributed by atoms with van der Waals surface area (Å²) in [7, 11) is 1.70. The van der Waals surface area contributed by atoms with Gasteiger partial charge in [0.15, 0.2) is 0 Å². The van der Waals surface area contributed by atoms with Crippen molar-refractivity contribution in [3.8, 4) is 5.75 Å². The number of nitrogens with one attached hydrogen (secondary N) is 1. The number of nitrogens with zero attached hydrogens (tertiary/aromatic N) is 2. The molecule has 0 spiro atoms. The maximum absolute atomic E-state index is 5.33. The SMILES string of the molecule is COc1ccc2c(c1)nc(C1CC(C)CCN1)n2C(C)C. The second kappa shape index (κ2) is 5.68. The van der Waals surface area contributed by atoms with E-state index in [9.17, 15) is 0 Å². The van der Waals surface area contributed by atoms with Gasteiger partial charge in [-0.05, 0) is 51.3 Å². The van der Waals surface area contributed by atoms with Gasteiger partial charge >= 0.3 is 0 Å². The molecule has 1 fully saturated rings. The molecule has 2 heterocycles. The zero-order valence-electron chi connectivity index (χ0n) is 13.4. The van der Waals surface area contributed by atoms with Gasteiger partial charge in [0.1, 0.15) is 11.6 Å². The first-order valence-electron chi connectivity index (χ1n) is 7.89. The van der Waals surface area contributed by atoms with E-state index in [2.05, 4.69) is 36.7 Å². The van der Waals surface area contributed by atoms with Gasteiger partial charge in [-0.3, -0.25) is 0 Å². The van der Waals surface area contributed by atoms with E-state index >= 15 is 0 Å². The Morgan fingerprint density at radius 2 is 2.19 bits per heavy atom. The predicted molar refractivity (Wildman–Crippen MR) is 85.8 cm³/mol. The topological polar surface area (TPSA) is 39.1 Å². The zero-order chi connectivity index (χ0) is 15.0. The first-order valence-corrected chi connectivity index (χ1v) is 7.89. The van der Waals surface area contributed by atoms with E-state index in [4.69, 9.17) is 9.72 Å². The monoisotopic (exact) mass is 287 g/mol. The van der Waals surface area contributed by atoms with Crippen molar-refractivity contribution in [1.82, 2.24) is 14.9 Å². The molecule has 114 valence electrons. The molecule has 1 aliphatic heterocycles. The van der Waals surface area contributed by atoms with Crippen molar-refractivity contribution in [2.75, 3.05) is 13.7 Å². The minimum atomic E-state index is 0.356. The van der Waals surface area contributed by atoms with Crippen LogP contribution < -0.4 is 10.1 Å². The number of hydrogen-bond donors (Lipinski definition) is 1. The summed E-state index contributed by atoms with van der Waals surface area (Å²) in [5.41, 5.74) is 2.22. The van der Waals surface area contributed by atoms with Crippen LogP contribution >= 0.6 is 0 Å². The summed E-state index contributed by atoms with van der Waals surface area (Å²) in [5, 5.41) is 3.64. The van der Waals surface area contributed by atoms with E-state index in [1.807, 2.05) is 12.1 Å². The molecule has 0 amide bonds. The number of piperidine rings is 1. The Bertz CT molecular complexity index is 632. The lowest BCUT2D eigenvalue weighted by Gasteiger charge is -2.29. The molecule has 1 N–H and O–H groups in total. The average molecular weight is 287 g/mol. The number of fused-ring (bicyclic) bond motifs is 1. The van der Waals surface area contributed by atoms with Crippen molar-refractivity contribution >= 4 is 11.0 Å². The fraction of sp³-hybridized carbons (Fsp3) is 0.588. The molecular weight excluding hydrogens is 262 g/mol. The molecule has 4 heteroatoms. The maximum Gasteiger partial charge on any atom is 0.127 e. The average Bonchev–Trinajstić information content (AvgIpc) is 2.85. The fourth-order valence-electron chi connectivity index (χ4n) is 3.32. The van der Waals surface area contributed by atoms with Crippen molar-refractivity contribution in [3.63, 3.8) is 0 Å². The molecule has 21 heavy (non-hydrogen) atoms. The number of benzene rings is 1. The lowest BCUT2D eigenvalue weighted by molar-refractivity contribution is 0.307. The predicted octanol–water partition coefficient (Wildman–Crippen LogP) is 3.69. The molecule has 3 rings (SSSR count). The quantitative estimate of drug-likeness (QED) is 0.936. The van der Waals surface area contributed by atoms with E-state index in [1.54, 1.807) is 7.11 Å². The summed E-state index contributed by atoms with van der Waals surface area (Å²) >= 11 is 0. The molecule has 1 saturated heterocycles. The lowest BCUT2D eigenvalue weighted by Crippen LogP contribution is -2.33. The first-order chi connectivity index (χ1) is 10.1. The highest BCUT2D eigenvalue weighted by Crippen LogP contribution is 2.32. The summed E-state index contributed by atoms with van der Waals surface area (Å²) in [6, 6.07) is 6.93. The van der Waals surface area contributed by atoms with E-state index < -0.39 is 0 Å². The number of ether oxygens (including phenoxy) is 1. The van der Waals surface area contributed by atoms with Crippen LogP contribution in [0.15, 0.2) is 18.2 Å². The molecule has 2 atom stereocenters. The Labute approximate surface area is 126 Å². The summed E-state index contributed by atoms with van der Waals surface area (Å²) in [6.45, 7) is 7.86. The van der Waals surface area contributed by atoms with E-state index in [-0.39, 0.29) is 0 Å². The minimum absolute atomic E-state index is 0.356. The molecule has 1 aliphatic rings. The van der Waals surface area contributed by atoms with Crippen molar-refractivity contribution < 1.29 is 4.74 Å². The van der Waals surface area contributed by atoms with E-state index in [0.717, 1.165) is 30.1 Å². The summed E-state index contributed by atoms with van der Waals surface area (Å²) in [4.78, 5) is 4.92. The van der Waals surface area contributed by atoms with Crippen LogP contribution in [-0.4, -0.2) is 23.2 Å². The van der Waals surface area contributed by atoms with Crippen LogP contribution in [0.1, 0.15) is 51.5 Å². The summed E-state index contributed by atoms with van der Waals surface area (Å²) in [5.74, 6) is 2.79. The van der Waals surface area contributed by atoms with Crippen molar-refractivity contribution in [2.45, 2.75) is 45.7 Å². The third-order valence-corrected chi connectivity index (χ3v) is 4.42. The summed E-state index contributed by atoms with van der Waals surface area (Å²) < 4.78 is 7.70. The molecule has 0 bridgehead atoms. The molecule has 4 nitrogen and oxygen atoms in total. The minimum Gasteiger partial charge on any atom is -0.497 e. The molecule has 1 aromatic carbocycles. The highest BCUT2D eigenvalue weighted by atomic mass is 16.5. The third kappa shape index (κ3) is 2.64. The van der Waals surface area contributed by atoms with E-state index in [0.29, 0.717) is 12.1 Å². The Morgan fingerprint density at radius 1 is 1.38 bits per heavy atom. The molecule has 0 radical (unpaired) electrons. The van der Waals surface area contributed by atoms with Crippen LogP contribution in [0.25, 0.3) is 11.0 Å². The van der Waals surface area contributed by atoms with Crippen LogP contribution in [0.4, 0.5) is 0 Å². The van der Waals surface area contributed by atoms with Gasteiger partial charge in [-0.15, -0.1) is 0 Å². The number of methoxy groups -OCH3 is 1. The Balaban J connectivity index is 2.09. The van der Waals surface area contributed by atoms with Gasteiger partial charge in [-0.1, -0.05) is 6.92 Å². The van der Waals surface area contributed by atoms with Gasteiger partial charge in [0.05, 0.1) is 24.2 Å². The molecule has 1 aromatic heterocycles. The molecule has 0 aliphatic carbocycles.